The average molecular weight is 332 g/mol. The van der Waals surface area contributed by atoms with E-state index in [1.54, 1.807) is 17.5 Å². The van der Waals surface area contributed by atoms with E-state index < -0.39 is 17.1 Å². The van der Waals surface area contributed by atoms with Crippen LogP contribution in [0.5, 0.6) is 0 Å². The van der Waals surface area contributed by atoms with Crippen LogP contribution < -0.4 is 5.32 Å². The molecule has 1 aliphatic heterocycles. The second-order valence-electron chi connectivity index (χ2n) is 5.29. The Morgan fingerprint density at radius 2 is 2.38 bits per heavy atom. The van der Waals surface area contributed by atoms with Gasteiger partial charge in [0, 0.05) is 0 Å². The van der Waals surface area contributed by atoms with Gasteiger partial charge >= 0.3 is 5.97 Å². The number of carbonyl (C=O) groups is 2. The molecule has 5 nitrogen and oxygen atoms in total. The molecular formula is C14H18ClNO4S. The van der Waals surface area contributed by atoms with Gasteiger partial charge in [-0.15, -0.1) is 11.3 Å². The van der Waals surface area contributed by atoms with E-state index >= 15 is 0 Å². The summed E-state index contributed by atoms with van der Waals surface area (Å²) in [4.78, 5) is 24.7. The molecule has 0 aliphatic carbocycles. The van der Waals surface area contributed by atoms with E-state index in [9.17, 15) is 9.59 Å². The van der Waals surface area contributed by atoms with Gasteiger partial charge in [0.25, 0.3) is 5.91 Å². The molecule has 1 saturated heterocycles. The molecule has 7 heteroatoms. The van der Waals surface area contributed by atoms with Crippen LogP contribution in [0.3, 0.4) is 0 Å². The summed E-state index contributed by atoms with van der Waals surface area (Å²) in [6, 6.07) is 3.45. The number of rotatable bonds is 5. The molecule has 0 radical (unpaired) electrons. The Balaban J connectivity index is 2.02. The fraction of sp³-hybridized carbons (Fsp3) is 0.571. The van der Waals surface area contributed by atoms with Crippen molar-refractivity contribution >= 4 is 34.8 Å². The minimum absolute atomic E-state index is 0.238. The van der Waals surface area contributed by atoms with Crippen molar-refractivity contribution in [2.75, 3.05) is 13.2 Å². The number of thiophene rings is 1. The lowest BCUT2D eigenvalue weighted by molar-refractivity contribution is -0.153. The van der Waals surface area contributed by atoms with Crippen LogP contribution in [-0.4, -0.2) is 30.3 Å². The third kappa shape index (κ3) is 3.96. The van der Waals surface area contributed by atoms with Crippen molar-refractivity contribution in [3.05, 3.63) is 22.4 Å². The molecular weight excluding hydrogens is 314 g/mol. The predicted molar refractivity (Wildman–Crippen MR) is 80.2 cm³/mol. The molecule has 2 heterocycles. The third-order valence-electron chi connectivity index (χ3n) is 3.04. The predicted octanol–water partition coefficient (Wildman–Crippen LogP) is 2.61. The van der Waals surface area contributed by atoms with E-state index in [2.05, 4.69) is 5.32 Å². The zero-order chi connectivity index (χ0) is 15.5. The topological polar surface area (TPSA) is 64.6 Å². The molecule has 0 unspecified atom stereocenters. The van der Waals surface area contributed by atoms with Gasteiger partial charge in [0.15, 0.2) is 0 Å². The Bertz CT molecular complexity index is 505. The van der Waals surface area contributed by atoms with E-state index in [1.807, 2.05) is 13.8 Å². The van der Waals surface area contributed by atoms with Crippen LogP contribution in [0.15, 0.2) is 17.5 Å². The SMILES string of the molecule is CC(C)COC(=O)[C@@H]1CCO[C@@]1(Cl)NC(=O)c1cccs1. The zero-order valence-electron chi connectivity index (χ0n) is 11.9. The molecule has 1 aromatic heterocycles. The molecule has 0 saturated carbocycles. The van der Waals surface area contributed by atoms with E-state index in [0.29, 0.717) is 24.5 Å². The monoisotopic (exact) mass is 331 g/mol. The first-order chi connectivity index (χ1) is 9.92. The molecule has 2 rings (SSSR count). The molecule has 116 valence electrons. The van der Waals surface area contributed by atoms with Crippen molar-refractivity contribution in [2.45, 2.75) is 25.5 Å². The lowest BCUT2D eigenvalue weighted by Crippen LogP contribution is -2.50. The highest BCUT2D eigenvalue weighted by molar-refractivity contribution is 7.12. The van der Waals surface area contributed by atoms with Crippen LogP contribution >= 0.6 is 22.9 Å². The molecule has 1 fully saturated rings. The molecule has 1 amide bonds. The summed E-state index contributed by atoms with van der Waals surface area (Å²) in [6.45, 7) is 4.52. The zero-order valence-corrected chi connectivity index (χ0v) is 13.5. The third-order valence-corrected chi connectivity index (χ3v) is 4.37. The normalized spacial score (nSPS) is 25.0. The van der Waals surface area contributed by atoms with Crippen LogP contribution in [0.25, 0.3) is 0 Å². The van der Waals surface area contributed by atoms with Gasteiger partial charge in [-0.25, -0.2) is 0 Å². The first-order valence-corrected chi connectivity index (χ1v) is 8.03. The van der Waals surface area contributed by atoms with Gasteiger partial charge in [-0.2, -0.15) is 0 Å². The maximum atomic E-state index is 12.1. The highest BCUT2D eigenvalue weighted by Crippen LogP contribution is 2.35. The summed E-state index contributed by atoms with van der Waals surface area (Å²) in [5.74, 6) is -1.27. The molecule has 21 heavy (non-hydrogen) atoms. The number of carbonyl (C=O) groups excluding carboxylic acids is 2. The van der Waals surface area contributed by atoms with E-state index in [1.165, 1.54) is 11.3 Å². The molecule has 1 aromatic rings. The standard InChI is InChI=1S/C14H18ClNO4S/c1-9(2)8-19-13(18)10-5-6-20-14(10,15)16-12(17)11-4-3-7-21-11/h3-4,7,9-10H,5-6,8H2,1-2H3,(H,16,17)/t10-,14-/m0/s1. The summed E-state index contributed by atoms with van der Waals surface area (Å²) in [5.41, 5.74) is 0. The van der Waals surface area contributed by atoms with Crippen LogP contribution in [-0.2, 0) is 14.3 Å². The minimum Gasteiger partial charge on any atom is -0.465 e. The minimum atomic E-state index is -1.53. The number of hydrogen-bond acceptors (Lipinski definition) is 5. The molecule has 2 atom stereocenters. The first-order valence-electron chi connectivity index (χ1n) is 6.78. The Labute approximate surface area is 132 Å². The molecule has 1 N–H and O–H groups in total. The number of amides is 1. The number of alkyl halides is 1. The largest absolute Gasteiger partial charge is 0.465 e. The van der Waals surface area contributed by atoms with Crippen molar-refractivity contribution < 1.29 is 19.1 Å². The lowest BCUT2D eigenvalue weighted by atomic mass is 10.1. The van der Waals surface area contributed by atoms with E-state index in [4.69, 9.17) is 21.1 Å². The van der Waals surface area contributed by atoms with Crippen LogP contribution in [0, 0.1) is 11.8 Å². The summed E-state index contributed by atoms with van der Waals surface area (Å²) < 4.78 is 10.6. The van der Waals surface area contributed by atoms with Crippen molar-refractivity contribution in [3.63, 3.8) is 0 Å². The summed E-state index contributed by atoms with van der Waals surface area (Å²) >= 11 is 7.60. The maximum Gasteiger partial charge on any atom is 0.315 e. The number of hydrogen-bond donors (Lipinski definition) is 1. The maximum absolute atomic E-state index is 12.1. The number of halogens is 1. The molecule has 0 spiro atoms. The Kier molecular flexibility index (Phi) is 5.24. The highest BCUT2D eigenvalue weighted by atomic mass is 35.5. The average Bonchev–Trinajstić information content (AvgIpc) is 3.05. The molecule has 1 aliphatic rings. The summed E-state index contributed by atoms with van der Waals surface area (Å²) in [5, 5.41) is 2.85. The quantitative estimate of drug-likeness (QED) is 0.512. The van der Waals surface area contributed by atoms with Gasteiger partial charge < -0.3 is 14.8 Å². The van der Waals surface area contributed by atoms with Gasteiger partial charge in [0.05, 0.1) is 18.1 Å². The first kappa shape index (κ1) is 16.3. The van der Waals surface area contributed by atoms with Crippen molar-refractivity contribution in [1.82, 2.24) is 5.32 Å². The lowest BCUT2D eigenvalue weighted by Gasteiger charge is -2.27. The van der Waals surface area contributed by atoms with Crippen molar-refractivity contribution in [1.29, 1.82) is 0 Å². The van der Waals surface area contributed by atoms with Crippen LogP contribution in [0.1, 0.15) is 29.9 Å². The van der Waals surface area contributed by atoms with E-state index in [-0.39, 0.29) is 11.8 Å². The second-order valence-corrected chi connectivity index (χ2v) is 6.80. The van der Waals surface area contributed by atoms with Crippen molar-refractivity contribution in [2.24, 2.45) is 11.8 Å². The van der Waals surface area contributed by atoms with E-state index in [0.717, 1.165) is 0 Å². The molecule has 0 aromatic carbocycles. The number of nitrogens with one attached hydrogen (secondary N) is 1. The summed E-state index contributed by atoms with van der Waals surface area (Å²) in [7, 11) is 0. The van der Waals surface area contributed by atoms with Crippen molar-refractivity contribution in [3.8, 4) is 0 Å². The van der Waals surface area contributed by atoms with Gasteiger partial charge in [-0.05, 0) is 23.8 Å². The van der Waals surface area contributed by atoms with Crippen LogP contribution in [0.4, 0.5) is 0 Å². The Morgan fingerprint density at radius 3 is 3.00 bits per heavy atom. The Hall–Kier alpha value is -1.11. The number of esters is 1. The van der Waals surface area contributed by atoms with Gasteiger partial charge in [-0.3, -0.25) is 9.59 Å². The van der Waals surface area contributed by atoms with Gasteiger partial charge in [0.1, 0.15) is 5.92 Å². The fourth-order valence-corrected chi connectivity index (χ4v) is 2.96. The van der Waals surface area contributed by atoms with Gasteiger partial charge in [-0.1, -0.05) is 31.5 Å². The fourth-order valence-electron chi connectivity index (χ4n) is 1.98. The highest BCUT2D eigenvalue weighted by Gasteiger charge is 2.49. The smallest absolute Gasteiger partial charge is 0.315 e. The summed E-state index contributed by atoms with van der Waals surface area (Å²) in [6.07, 6.45) is 0.422. The Morgan fingerprint density at radius 1 is 1.62 bits per heavy atom. The van der Waals surface area contributed by atoms with Gasteiger partial charge in [0.2, 0.25) is 5.18 Å². The second kappa shape index (κ2) is 6.77. The molecule has 0 bridgehead atoms. The van der Waals surface area contributed by atoms with Crippen LogP contribution in [0.2, 0.25) is 0 Å². The number of ether oxygens (including phenoxy) is 2.